The lowest BCUT2D eigenvalue weighted by Crippen LogP contribution is -2.76. The molecule has 9 saturated carbocycles. The Morgan fingerprint density at radius 1 is 0.538 bits per heavy atom. The summed E-state index contributed by atoms with van der Waals surface area (Å²) in [7, 11) is 0. The summed E-state index contributed by atoms with van der Waals surface area (Å²) in [5.74, 6) is 4.36. The van der Waals surface area contributed by atoms with E-state index < -0.39 is 11.2 Å². The monoisotopic (exact) mass is 352 g/mol. The molecule has 2 nitrogen and oxygen atoms in total. The second-order valence-electron chi connectivity index (χ2n) is 12.6. The lowest BCUT2D eigenvalue weighted by atomic mass is 9.30. The van der Waals surface area contributed by atoms with Gasteiger partial charge in [-0.2, -0.15) is 0 Å². The Balaban J connectivity index is 1.53. The van der Waals surface area contributed by atoms with Crippen LogP contribution in [0.15, 0.2) is 0 Å². The van der Waals surface area contributed by atoms with Crippen molar-refractivity contribution in [3.05, 3.63) is 0 Å². The van der Waals surface area contributed by atoms with E-state index in [2.05, 4.69) is 0 Å². The molecule has 10 bridgehead atoms. The minimum absolute atomic E-state index is 0.229. The van der Waals surface area contributed by atoms with Crippen molar-refractivity contribution in [2.75, 3.05) is 0 Å². The van der Waals surface area contributed by atoms with Gasteiger partial charge in [-0.05, 0) is 105 Å². The van der Waals surface area contributed by atoms with Gasteiger partial charge in [-0.15, -0.1) is 0 Å². The average Bonchev–Trinajstić information content (AvgIpc) is 2.89. The molecule has 0 saturated heterocycles. The molecule has 9 rings (SSSR count). The molecular weight excluding hydrogens is 320 g/mol. The maximum Gasteiger partial charge on any atom is 0.0770 e. The zero-order valence-electron chi connectivity index (χ0n) is 15.8. The first-order valence-corrected chi connectivity index (χ1v) is 12.0. The minimum Gasteiger partial charge on any atom is -0.389 e. The number of aliphatic hydroxyl groups is 2. The summed E-state index contributed by atoms with van der Waals surface area (Å²) in [6, 6.07) is 0. The molecule has 0 radical (unpaired) electrons. The van der Waals surface area contributed by atoms with Gasteiger partial charge in [0.1, 0.15) is 0 Å². The van der Waals surface area contributed by atoms with Crippen LogP contribution in [0.5, 0.6) is 0 Å². The summed E-state index contributed by atoms with van der Waals surface area (Å²) < 4.78 is 0. The van der Waals surface area contributed by atoms with Crippen LogP contribution in [-0.4, -0.2) is 21.4 Å². The molecule has 9 fully saturated rings. The fourth-order valence-corrected chi connectivity index (χ4v) is 15.2. The van der Waals surface area contributed by atoms with Gasteiger partial charge in [0.2, 0.25) is 0 Å². The van der Waals surface area contributed by atoms with Gasteiger partial charge in [0.25, 0.3) is 0 Å². The third-order valence-corrected chi connectivity index (χ3v) is 13.8. The first-order chi connectivity index (χ1) is 12.6. The van der Waals surface area contributed by atoms with Gasteiger partial charge in [-0.25, -0.2) is 0 Å². The summed E-state index contributed by atoms with van der Waals surface area (Å²) in [5, 5.41) is 25.2. The zero-order chi connectivity index (χ0) is 16.9. The summed E-state index contributed by atoms with van der Waals surface area (Å²) in [6.45, 7) is 0. The van der Waals surface area contributed by atoms with Crippen molar-refractivity contribution >= 4 is 0 Å². The van der Waals surface area contributed by atoms with E-state index in [0.29, 0.717) is 22.7 Å². The Morgan fingerprint density at radius 2 is 1.08 bits per heavy atom. The van der Waals surface area contributed by atoms with E-state index in [4.69, 9.17) is 0 Å². The standard InChI is InChI=1S/C24H32O2/c25-23-11-3-7-19-13-5-1-9-21(19,23)16-15(13)14-6-2-10-22(16)20(14)8-4-12-24(22,26)18(23)17(19)20/h13-18,25-26H,1-12H2. The minimum atomic E-state index is -0.506. The van der Waals surface area contributed by atoms with Crippen LogP contribution in [-0.2, 0) is 0 Å². The van der Waals surface area contributed by atoms with Crippen LogP contribution in [0.1, 0.15) is 77.0 Å². The normalized spacial score (nSPS) is 80.5. The van der Waals surface area contributed by atoms with E-state index in [1.807, 2.05) is 0 Å². The van der Waals surface area contributed by atoms with Crippen molar-refractivity contribution in [1.29, 1.82) is 0 Å². The molecule has 2 heteroatoms. The number of rotatable bonds is 0. The molecule has 0 aromatic heterocycles. The summed E-state index contributed by atoms with van der Waals surface area (Å²) >= 11 is 0. The van der Waals surface area contributed by atoms with Crippen molar-refractivity contribution in [1.82, 2.24) is 0 Å². The Morgan fingerprint density at radius 3 is 1.62 bits per heavy atom. The van der Waals surface area contributed by atoms with E-state index in [-0.39, 0.29) is 16.7 Å². The predicted octanol–water partition coefficient (Wildman–Crippen LogP) is 3.90. The van der Waals surface area contributed by atoms with Crippen molar-refractivity contribution in [2.24, 2.45) is 57.2 Å². The van der Waals surface area contributed by atoms with Crippen molar-refractivity contribution in [3.63, 3.8) is 0 Å². The van der Waals surface area contributed by atoms with Crippen LogP contribution in [0.25, 0.3) is 0 Å². The smallest absolute Gasteiger partial charge is 0.0770 e. The maximum atomic E-state index is 12.6. The largest absolute Gasteiger partial charge is 0.389 e. The van der Waals surface area contributed by atoms with Crippen LogP contribution >= 0.6 is 0 Å². The van der Waals surface area contributed by atoms with Crippen molar-refractivity contribution < 1.29 is 10.2 Å². The molecule has 0 aromatic carbocycles. The number of fused-ring (bicyclic) bond motifs is 4. The molecule has 2 N–H and O–H groups in total. The molecule has 26 heavy (non-hydrogen) atoms. The molecule has 140 valence electrons. The van der Waals surface area contributed by atoms with E-state index in [1.54, 1.807) is 0 Å². The fraction of sp³-hybridized carbons (Fsp3) is 1.00. The Labute approximate surface area is 156 Å². The van der Waals surface area contributed by atoms with Gasteiger partial charge in [0.15, 0.2) is 0 Å². The Bertz CT molecular complexity index is 746. The third-order valence-electron chi connectivity index (χ3n) is 13.8. The van der Waals surface area contributed by atoms with Crippen molar-refractivity contribution in [2.45, 2.75) is 88.3 Å². The van der Waals surface area contributed by atoms with Gasteiger partial charge in [0, 0.05) is 16.7 Å². The van der Waals surface area contributed by atoms with E-state index >= 15 is 0 Å². The highest BCUT2D eigenvalue weighted by Crippen LogP contribution is 3.06. The quantitative estimate of drug-likeness (QED) is 0.694. The van der Waals surface area contributed by atoms with Crippen LogP contribution < -0.4 is 0 Å². The molecule has 0 spiro atoms. The van der Waals surface area contributed by atoms with Gasteiger partial charge in [-0.3, -0.25) is 0 Å². The predicted molar refractivity (Wildman–Crippen MR) is 96.0 cm³/mol. The van der Waals surface area contributed by atoms with E-state index in [0.717, 1.165) is 30.6 Å². The molecule has 0 aliphatic heterocycles. The van der Waals surface area contributed by atoms with Gasteiger partial charge in [-0.1, -0.05) is 12.8 Å². The molecule has 0 amide bonds. The topological polar surface area (TPSA) is 40.5 Å². The first kappa shape index (κ1) is 14.0. The van der Waals surface area contributed by atoms with Crippen molar-refractivity contribution in [3.8, 4) is 0 Å². The number of hydrogen-bond acceptors (Lipinski definition) is 2. The van der Waals surface area contributed by atoms with Gasteiger partial charge in [0.05, 0.1) is 11.2 Å². The highest BCUT2D eigenvalue weighted by molar-refractivity contribution is 5.53. The lowest BCUT2D eigenvalue weighted by Gasteiger charge is -2.75. The third kappa shape index (κ3) is 0.744. The van der Waals surface area contributed by atoms with Crippen LogP contribution in [0.2, 0.25) is 0 Å². The summed E-state index contributed by atoms with van der Waals surface area (Å²) in [4.78, 5) is 0. The molecule has 9 aliphatic rings. The second kappa shape index (κ2) is 3.28. The highest BCUT2D eigenvalue weighted by atomic mass is 16.3. The number of hydrogen-bond donors (Lipinski definition) is 2. The van der Waals surface area contributed by atoms with Gasteiger partial charge >= 0.3 is 0 Å². The molecule has 8 unspecified atom stereocenters. The lowest BCUT2D eigenvalue weighted by molar-refractivity contribution is -0.328. The molecular formula is C24H32O2. The van der Waals surface area contributed by atoms with Crippen LogP contribution in [0.4, 0.5) is 0 Å². The van der Waals surface area contributed by atoms with E-state index in [9.17, 15) is 10.2 Å². The first-order valence-electron chi connectivity index (χ1n) is 12.0. The average molecular weight is 353 g/mol. The maximum absolute atomic E-state index is 12.6. The molecule has 0 heterocycles. The van der Waals surface area contributed by atoms with E-state index in [1.165, 1.54) is 64.2 Å². The van der Waals surface area contributed by atoms with Gasteiger partial charge < -0.3 is 10.2 Å². The second-order valence-corrected chi connectivity index (χ2v) is 12.6. The Kier molecular flexibility index (Phi) is 1.77. The van der Waals surface area contributed by atoms with Crippen LogP contribution in [0.3, 0.4) is 0 Å². The molecule has 8 atom stereocenters. The summed E-state index contributed by atoms with van der Waals surface area (Å²) in [5.41, 5.74) is 0.344. The molecule has 9 aliphatic carbocycles. The SMILES string of the molecule is OC12CCCC34C5CCCC13C1C5C3CCCC15C1(O)CCCC35C4C21. The highest BCUT2D eigenvalue weighted by Gasteiger charge is 3.06. The fourth-order valence-electron chi connectivity index (χ4n) is 15.2. The molecule has 0 aromatic rings. The zero-order valence-corrected chi connectivity index (χ0v) is 15.8. The summed E-state index contributed by atoms with van der Waals surface area (Å²) in [6.07, 6.45) is 15.6. The van der Waals surface area contributed by atoms with Crippen LogP contribution in [0, 0.1) is 57.2 Å². The Hall–Kier alpha value is -0.0800.